The Bertz CT molecular complexity index is 954. The zero-order valence-corrected chi connectivity index (χ0v) is 15.6. The molecule has 8 heteroatoms. The number of rotatable bonds is 8. The molecule has 2 heterocycles. The number of methoxy groups -OCH3 is 2. The first kappa shape index (κ1) is 18.5. The minimum atomic E-state index is -0.389. The van der Waals surface area contributed by atoms with Crippen molar-refractivity contribution in [2.24, 2.45) is 0 Å². The summed E-state index contributed by atoms with van der Waals surface area (Å²) in [6, 6.07) is 11.1. The maximum Gasteiger partial charge on any atom is 0.372 e. The molecular formula is C19H22N4O4. The van der Waals surface area contributed by atoms with E-state index in [0.29, 0.717) is 29.5 Å². The normalized spacial score (nSPS) is 10.8. The van der Waals surface area contributed by atoms with Crippen LogP contribution in [0.25, 0.3) is 5.65 Å². The van der Waals surface area contributed by atoms with Gasteiger partial charge in [0.2, 0.25) is 11.5 Å². The summed E-state index contributed by atoms with van der Waals surface area (Å²) < 4.78 is 12.1. The van der Waals surface area contributed by atoms with Crippen LogP contribution in [0.2, 0.25) is 0 Å². The number of anilines is 1. The van der Waals surface area contributed by atoms with Gasteiger partial charge in [-0.15, -0.1) is 0 Å². The van der Waals surface area contributed by atoms with Crippen LogP contribution in [0.5, 0.6) is 11.5 Å². The van der Waals surface area contributed by atoms with E-state index in [0.717, 1.165) is 18.4 Å². The van der Waals surface area contributed by atoms with Crippen LogP contribution in [-0.2, 0) is 6.42 Å². The number of aryl methyl sites for hydroxylation is 1. The molecule has 8 nitrogen and oxygen atoms in total. The summed E-state index contributed by atoms with van der Waals surface area (Å²) in [6.45, 7) is 0.638. The van der Waals surface area contributed by atoms with Gasteiger partial charge < -0.3 is 24.5 Å². The zero-order valence-electron chi connectivity index (χ0n) is 15.6. The van der Waals surface area contributed by atoms with Crippen LogP contribution >= 0.6 is 0 Å². The average molecular weight is 370 g/mol. The van der Waals surface area contributed by atoms with Gasteiger partial charge in [-0.2, -0.15) is 9.38 Å². The fourth-order valence-electron chi connectivity index (χ4n) is 3.06. The molecule has 0 aliphatic carbocycles. The highest BCUT2D eigenvalue weighted by Gasteiger charge is 2.24. The molecule has 3 aromatic rings. The van der Waals surface area contributed by atoms with E-state index in [-0.39, 0.29) is 10.7 Å². The number of pyridine rings is 1. The fraction of sp³-hybridized carbons (Fsp3) is 0.316. The Kier molecular flexibility index (Phi) is 5.44. The van der Waals surface area contributed by atoms with Gasteiger partial charge in [-0.05, 0) is 41.5 Å². The van der Waals surface area contributed by atoms with Gasteiger partial charge in [-0.1, -0.05) is 12.1 Å². The van der Waals surface area contributed by atoms with Crippen molar-refractivity contribution in [3.63, 3.8) is 0 Å². The van der Waals surface area contributed by atoms with Crippen LogP contribution in [0.3, 0.4) is 0 Å². The largest absolute Gasteiger partial charge is 0.493 e. The molecule has 27 heavy (non-hydrogen) atoms. The van der Waals surface area contributed by atoms with Crippen molar-refractivity contribution in [3.05, 3.63) is 58.3 Å². The number of hydrogen-bond donors (Lipinski definition) is 0. The van der Waals surface area contributed by atoms with Gasteiger partial charge in [0.05, 0.1) is 20.4 Å². The highest BCUT2D eigenvalue weighted by Crippen LogP contribution is 2.29. The van der Waals surface area contributed by atoms with E-state index < -0.39 is 0 Å². The Morgan fingerprint density at radius 2 is 1.96 bits per heavy atom. The molecule has 2 aromatic heterocycles. The molecule has 0 aliphatic heterocycles. The molecule has 142 valence electrons. The van der Waals surface area contributed by atoms with E-state index in [1.807, 2.05) is 36.2 Å². The summed E-state index contributed by atoms with van der Waals surface area (Å²) >= 11 is 0. The molecule has 0 saturated heterocycles. The van der Waals surface area contributed by atoms with E-state index in [1.54, 1.807) is 32.5 Å². The summed E-state index contributed by atoms with van der Waals surface area (Å²) in [5.41, 5.74) is 1.68. The molecule has 0 fully saturated rings. The monoisotopic (exact) mass is 370 g/mol. The molecule has 0 amide bonds. The maximum atomic E-state index is 11.5. The maximum absolute atomic E-state index is 11.5. The molecular weight excluding hydrogens is 348 g/mol. The topological polar surface area (TPSA) is 82.1 Å². The van der Waals surface area contributed by atoms with Crippen molar-refractivity contribution in [3.8, 4) is 11.5 Å². The molecule has 0 aliphatic rings. The molecule has 0 radical (unpaired) electrons. The highest BCUT2D eigenvalue weighted by atomic mass is 16.6. The first-order chi connectivity index (χ1) is 13.0. The van der Waals surface area contributed by atoms with Crippen molar-refractivity contribution in [2.75, 3.05) is 32.7 Å². The Morgan fingerprint density at radius 1 is 1.19 bits per heavy atom. The van der Waals surface area contributed by atoms with Crippen molar-refractivity contribution in [2.45, 2.75) is 12.8 Å². The number of nitro groups is 1. The van der Waals surface area contributed by atoms with E-state index >= 15 is 0 Å². The van der Waals surface area contributed by atoms with Crippen LogP contribution < -0.4 is 14.4 Å². The smallest absolute Gasteiger partial charge is 0.372 e. The minimum Gasteiger partial charge on any atom is -0.493 e. The second kappa shape index (κ2) is 7.94. The molecule has 0 atom stereocenters. The summed E-state index contributed by atoms with van der Waals surface area (Å²) in [5, 5.41) is 11.5. The first-order valence-electron chi connectivity index (χ1n) is 8.58. The Labute approximate surface area is 157 Å². The average Bonchev–Trinajstić information content (AvgIpc) is 3.07. The van der Waals surface area contributed by atoms with Gasteiger partial charge in [0.1, 0.15) is 0 Å². The first-order valence-corrected chi connectivity index (χ1v) is 8.58. The second-order valence-electron chi connectivity index (χ2n) is 6.16. The third-order valence-electron chi connectivity index (χ3n) is 4.43. The summed E-state index contributed by atoms with van der Waals surface area (Å²) in [5.74, 6) is 1.75. The van der Waals surface area contributed by atoms with Crippen LogP contribution in [0, 0.1) is 10.1 Å². The van der Waals surface area contributed by atoms with Crippen LogP contribution in [0.1, 0.15) is 12.0 Å². The SMILES string of the molecule is COc1ccc(CCCN(C)c2nc3ccccn3c2[N+](=O)[O-])cc1OC. The minimum absolute atomic E-state index is 0.0146. The number of imidazole rings is 1. The number of benzene rings is 1. The van der Waals surface area contributed by atoms with Gasteiger partial charge in [-0.3, -0.25) is 0 Å². The molecule has 0 unspecified atom stereocenters. The lowest BCUT2D eigenvalue weighted by Crippen LogP contribution is -2.20. The van der Waals surface area contributed by atoms with E-state index in [2.05, 4.69) is 4.98 Å². The van der Waals surface area contributed by atoms with Crippen molar-refractivity contribution < 1.29 is 14.4 Å². The number of hydrogen-bond acceptors (Lipinski definition) is 6. The molecule has 0 bridgehead atoms. The lowest BCUT2D eigenvalue weighted by Gasteiger charge is -2.16. The third-order valence-corrected chi connectivity index (χ3v) is 4.43. The summed E-state index contributed by atoms with van der Waals surface area (Å²) in [4.78, 5) is 17.4. The Hall–Kier alpha value is -3.29. The van der Waals surface area contributed by atoms with Gasteiger partial charge in [0, 0.05) is 19.7 Å². The van der Waals surface area contributed by atoms with Crippen molar-refractivity contribution in [1.82, 2.24) is 9.38 Å². The molecule has 1 aromatic carbocycles. The number of fused-ring (bicyclic) bond motifs is 1. The molecule has 0 spiro atoms. The van der Waals surface area contributed by atoms with E-state index in [9.17, 15) is 10.1 Å². The predicted octanol–water partition coefficient (Wildman–Crippen LogP) is 3.33. The number of aromatic nitrogens is 2. The Balaban J connectivity index is 1.71. The van der Waals surface area contributed by atoms with Crippen LogP contribution in [0.15, 0.2) is 42.6 Å². The fourth-order valence-corrected chi connectivity index (χ4v) is 3.06. The van der Waals surface area contributed by atoms with E-state index in [1.165, 1.54) is 4.40 Å². The molecule has 0 saturated carbocycles. The number of nitrogens with zero attached hydrogens (tertiary/aromatic N) is 4. The van der Waals surface area contributed by atoms with Gasteiger partial charge in [0.15, 0.2) is 11.5 Å². The second-order valence-corrected chi connectivity index (χ2v) is 6.16. The quantitative estimate of drug-likeness (QED) is 0.447. The standard InChI is InChI=1S/C19H22N4O4/c1-21(11-6-7-14-9-10-15(26-2)16(13-14)27-3)18-19(23(24)25)22-12-5-4-8-17(22)20-18/h4-5,8-10,12-13H,6-7,11H2,1-3H3. The van der Waals surface area contributed by atoms with Gasteiger partial charge in [0.25, 0.3) is 0 Å². The van der Waals surface area contributed by atoms with Crippen molar-refractivity contribution >= 4 is 17.3 Å². The molecule has 3 rings (SSSR count). The summed E-state index contributed by atoms with van der Waals surface area (Å²) in [7, 11) is 5.04. The van der Waals surface area contributed by atoms with Crippen LogP contribution in [0.4, 0.5) is 11.6 Å². The lowest BCUT2D eigenvalue weighted by molar-refractivity contribution is -0.389. The van der Waals surface area contributed by atoms with Gasteiger partial charge in [-0.25, -0.2) is 0 Å². The summed E-state index contributed by atoms with van der Waals surface area (Å²) in [6.07, 6.45) is 3.28. The van der Waals surface area contributed by atoms with E-state index in [4.69, 9.17) is 9.47 Å². The zero-order chi connectivity index (χ0) is 19.4. The number of ether oxygens (including phenoxy) is 2. The van der Waals surface area contributed by atoms with Gasteiger partial charge >= 0.3 is 5.82 Å². The van der Waals surface area contributed by atoms with Crippen molar-refractivity contribution in [1.29, 1.82) is 0 Å². The predicted molar refractivity (Wildman–Crippen MR) is 103 cm³/mol. The lowest BCUT2D eigenvalue weighted by atomic mass is 10.1. The highest BCUT2D eigenvalue weighted by molar-refractivity contribution is 5.63. The Morgan fingerprint density at radius 3 is 2.67 bits per heavy atom. The third kappa shape index (κ3) is 3.79. The molecule has 0 N–H and O–H groups in total. The van der Waals surface area contributed by atoms with Crippen LogP contribution in [-0.4, -0.2) is 42.1 Å².